The minimum atomic E-state index is -1.06. The average Bonchev–Trinajstić information content (AvgIpc) is 2.45. The summed E-state index contributed by atoms with van der Waals surface area (Å²) in [6.07, 6.45) is -0.633. The summed E-state index contributed by atoms with van der Waals surface area (Å²) >= 11 is 0. The van der Waals surface area contributed by atoms with E-state index in [4.69, 9.17) is 9.84 Å². The topological polar surface area (TPSA) is 131 Å². The number of aliphatic carboxylic acids is 1. The number of hydrogen-bond donors (Lipinski definition) is 3. The van der Waals surface area contributed by atoms with Crippen molar-refractivity contribution < 1.29 is 24.4 Å². The molecule has 9 nitrogen and oxygen atoms in total. The molecule has 3 N–H and O–H groups in total. The number of benzene rings is 1. The number of amides is 1. The van der Waals surface area contributed by atoms with E-state index in [1.807, 2.05) is 0 Å². The van der Waals surface area contributed by atoms with Crippen molar-refractivity contribution in [1.82, 2.24) is 10.6 Å². The summed E-state index contributed by atoms with van der Waals surface area (Å²) in [4.78, 5) is 32.6. The van der Waals surface area contributed by atoms with E-state index in [0.29, 0.717) is 5.56 Å². The van der Waals surface area contributed by atoms with Crippen molar-refractivity contribution in [2.45, 2.75) is 32.4 Å². The van der Waals surface area contributed by atoms with Crippen molar-refractivity contribution in [3.8, 4) is 0 Å². The van der Waals surface area contributed by atoms with Crippen molar-refractivity contribution in [2.75, 3.05) is 13.1 Å². The Morgan fingerprint density at radius 1 is 1.29 bits per heavy atom. The Balaban J connectivity index is 2.78. The molecule has 1 amide bonds. The van der Waals surface area contributed by atoms with E-state index in [0.717, 1.165) is 0 Å². The SMILES string of the molecule is CC(C)(C)OC(=O)NCC(NCC(=O)O)c1ccc([N+](=O)[O-])cc1. The highest BCUT2D eigenvalue weighted by molar-refractivity contribution is 5.69. The van der Waals surface area contributed by atoms with Gasteiger partial charge in [-0.05, 0) is 26.3 Å². The van der Waals surface area contributed by atoms with E-state index in [2.05, 4.69) is 10.6 Å². The van der Waals surface area contributed by atoms with Crippen LogP contribution in [0.15, 0.2) is 24.3 Å². The Morgan fingerprint density at radius 3 is 2.33 bits per heavy atom. The van der Waals surface area contributed by atoms with Gasteiger partial charge in [-0.3, -0.25) is 20.2 Å². The first-order chi connectivity index (χ1) is 11.1. The van der Waals surface area contributed by atoms with Crippen LogP contribution in [0.1, 0.15) is 32.4 Å². The highest BCUT2D eigenvalue weighted by Gasteiger charge is 2.19. The molecule has 0 aliphatic carbocycles. The number of carboxylic acid groups (broad SMARTS) is 1. The number of hydrogen-bond acceptors (Lipinski definition) is 6. The third-order valence-corrected chi connectivity index (χ3v) is 2.86. The van der Waals surface area contributed by atoms with Crippen LogP contribution in [-0.4, -0.2) is 40.8 Å². The molecule has 0 spiro atoms. The number of non-ortho nitro benzene ring substituents is 1. The first kappa shape index (κ1) is 19.4. The van der Waals surface area contributed by atoms with Crippen LogP contribution >= 0.6 is 0 Å². The van der Waals surface area contributed by atoms with Crippen LogP contribution in [0.4, 0.5) is 10.5 Å². The number of ether oxygens (including phenoxy) is 1. The van der Waals surface area contributed by atoms with E-state index >= 15 is 0 Å². The van der Waals surface area contributed by atoms with E-state index in [1.165, 1.54) is 24.3 Å². The fraction of sp³-hybridized carbons (Fsp3) is 0.467. The second-order valence-electron chi connectivity index (χ2n) is 6.06. The molecule has 1 rings (SSSR count). The molecule has 0 aliphatic rings. The highest BCUT2D eigenvalue weighted by atomic mass is 16.6. The molecule has 1 unspecified atom stereocenters. The summed E-state index contributed by atoms with van der Waals surface area (Å²) in [5.41, 5.74) is -0.115. The smallest absolute Gasteiger partial charge is 0.407 e. The molecule has 0 bridgehead atoms. The Hall–Kier alpha value is -2.68. The van der Waals surface area contributed by atoms with Crippen LogP contribution in [0.2, 0.25) is 0 Å². The van der Waals surface area contributed by atoms with E-state index in [-0.39, 0.29) is 18.8 Å². The number of nitrogens with zero attached hydrogens (tertiary/aromatic N) is 1. The van der Waals surface area contributed by atoms with Gasteiger partial charge in [0, 0.05) is 18.7 Å². The van der Waals surface area contributed by atoms with Gasteiger partial charge in [-0.1, -0.05) is 12.1 Å². The summed E-state index contributed by atoms with van der Waals surface area (Å²) in [6.45, 7) is 4.92. The molecule has 1 aromatic carbocycles. The quantitative estimate of drug-likeness (QED) is 0.510. The molecule has 0 saturated carbocycles. The lowest BCUT2D eigenvalue weighted by Gasteiger charge is -2.22. The number of nitrogens with one attached hydrogen (secondary N) is 2. The van der Waals surface area contributed by atoms with Crippen LogP contribution in [0.25, 0.3) is 0 Å². The van der Waals surface area contributed by atoms with Gasteiger partial charge in [0.1, 0.15) is 5.60 Å². The minimum absolute atomic E-state index is 0.0694. The van der Waals surface area contributed by atoms with Gasteiger partial charge in [-0.25, -0.2) is 4.79 Å². The third-order valence-electron chi connectivity index (χ3n) is 2.86. The van der Waals surface area contributed by atoms with E-state index in [9.17, 15) is 19.7 Å². The zero-order chi connectivity index (χ0) is 18.3. The largest absolute Gasteiger partial charge is 0.480 e. The summed E-state index contributed by atoms with van der Waals surface area (Å²) in [6, 6.07) is 5.12. The van der Waals surface area contributed by atoms with Gasteiger partial charge in [0.2, 0.25) is 0 Å². The third kappa shape index (κ3) is 7.05. The van der Waals surface area contributed by atoms with Gasteiger partial charge in [-0.2, -0.15) is 0 Å². The Morgan fingerprint density at radius 2 is 1.88 bits per heavy atom. The fourth-order valence-corrected chi connectivity index (χ4v) is 1.85. The summed E-state index contributed by atoms with van der Waals surface area (Å²) < 4.78 is 5.12. The van der Waals surface area contributed by atoms with Crippen LogP contribution in [0.3, 0.4) is 0 Å². The Kier molecular flexibility index (Phi) is 6.66. The second-order valence-corrected chi connectivity index (χ2v) is 6.06. The fourth-order valence-electron chi connectivity index (χ4n) is 1.85. The zero-order valence-electron chi connectivity index (χ0n) is 13.7. The monoisotopic (exact) mass is 339 g/mol. The first-order valence-corrected chi connectivity index (χ1v) is 7.25. The minimum Gasteiger partial charge on any atom is -0.480 e. The van der Waals surface area contributed by atoms with E-state index in [1.54, 1.807) is 20.8 Å². The molecule has 0 saturated heterocycles. The Labute approximate surface area is 139 Å². The molecule has 0 radical (unpaired) electrons. The number of nitro groups is 1. The number of alkyl carbamates (subject to hydrolysis) is 1. The molecule has 0 heterocycles. The molecular weight excluding hydrogens is 318 g/mol. The van der Waals surface area contributed by atoms with Gasteiger partial charge in [-0.15, -0.1) is 0 Å². The van der Waals surface area contributed by atoms with Crippen molar-refractivity contribution in [3.05, 3.63) is 39.9 Å². The van der Waals surface area contributed by atoms with Crippen LogP contribution in [0.5, 0.6) is 0 Å². The van der Waals surface area contributed by atoms with Gasteiger partial charge < -0.3 is 15.2 Å². The second kappa shape index (κ2) is 8.25. The molecule has 9 heteroatoms. The van der Waals surface area contributed by atoms with E-state index < -0.39 is 28.6 Å². The van der Waals surface area contributed by atoms with Gasteiger partial charge >= 0.3 is 12.1 Å². The molecule has 132 valence electrons. The molecule has 1 atom stereocenters. The zero-order valence-corrected chi connectivity index (χ0v) is 13.7. The molecule has 0 fully saturated rings. The number of carbonyl (C=O) groups excluding carboxylic acids is 1. The van der Waals surface area contributed by atoms with Crippen molar-refractivity contribution in [2.24, 2.45) is 0 Å². The van der Waals surface area contributed by atoms with Crippen LogP contribution in [0, 0.1) is 10.1 Å². The van der Waals surface area contributed by atoms with Crippen molar-refractivity contribution in [3.63, 3.8) is 0 Å². The summed E-state index contributed by atoms with van der Waals surface area (Å²) in [7, 11) is 0. The number of carbonyl (C=O) groups is 2. The lowest BCUT2D eigenvalue weighted by molar-refractivity contribution is -0.384. The number of carboxylic acids is 1. The highest BCUT2D eigenvalue weighted by Crippen LogP contribution is 2.17. The lowest BCUT2D eigenvalue weighted by Crippen LogP contribution is -2.39. The predicted octanol–water partition coefficient (Wildman–Crippen LogP) is 1.83. The molecular formula is C15H21N3O6. The summed E-state index contributed by atoms with van der Waals surface area (Å²) in [5.74, 6) is -1.06. The molecule has 1 aromatic rings. The number of nitro benzene ring substituents is 1. The lowest BCUT2D eigenvalue weighted by atomic mass is 10.1. The summed E-state index contributed by atoms with van der Waals surface area (Å²) in [5, 5.41) is 24.8. The van der Waals surface area contributed by atoms with Gasteiger partial charge in [0.25, 0.3) is 5.69 Å². The standard InChI is InChI=1S/C15H21N3O6/c1-15(2,3)24-14(21)17-8-12(16-9-13(19)20)10-4-6-11(7-5-10)18(22)23/h4-7,12,16H,8-9H2,1-3H3,(H,17,21)(H,19,20). The maximum Gasteiger partial charge on any atom is 0.407 e. The molecule has 0 aromatic heterocycles. The van der Waals surface area contributed by atoms with Crippen LogP contribution < -0.4 is 10.6 Å². The van der Waals surface area contributed by atoms with Crippen LogP contribution in [-0.2, 0) is 9.53 Å². The Bertz CT molecular complexity index is 594. The number of rotatable bonds is 7. The normalized spacial score (nSPS) is 12.3. The van der Waals surface area contributed by atoms with Crippen molar-refractivity contribution in [1.29, 1.82) is 0 Å². The average molecular weight is 339 g/mol. The molecule has 24 heavy (non-hydrogen) atoms. The van der Waals surface area contributed by atoms with Crippen molar-refractivity contribution >= 4 is 17.7 Å². The van der Waals surface area contributed by atoms with Gasteiger partial charge in [0.15, 0.2) is 0 Å². The molecule has 0 aliphatic heterocycles. The maximum atomic E-state index is 11.7. The first-order valence-electron chi connectivity index (χ1n) is 7.25. The maximum absolute atomic E-state index is 11.7. The predicted molar refractivity (Wildman–Crippen MR) is 85.7 cm³/mol. The van der Waals surface area contributed by atoms with Gasteiger partial charge in [0.05, 0.1) is 17.5 Å².